The van der Waals surface area contributed by atoms with Gasteiger partial charge in [-0.3, -0.25) is 4.79 Å². The van der Waals surface area contributed by atoms with E-state index in [4.69, 9.17) is 5.73 Å². The Morgan fingerprint density at radius 1 is 1.29 bits per heavy atom. The summed E-state index contributed by atoms with van der Waals surface area (Å²) < 4.78 is 12.8. The molecule has 0 heterocycles. The quantitative estimate of drug-likeness (QED) is 0.873. The first kappa shape index (κ1) is 13.6. The molecule has 0 aliphatic heterocycles. The summed E-state index contributed by atoms with van der Waals surface area (Å²) in [7, 11) is 0. The van der Waals surface area contributed by atoms with Crippen molar-refractivity contribution >= 4 is 5.91 Å². The van der Waals surface area contributed by atoms with Crippen molar-refractivity contribution in [2.75, 3.05) is 6.54 Å². The Bertz CT molecular complexity index is 376. The molecular formula is C13H19FN2O. The Morgan fingerprint density at radius 2 is 1.82 bits per heavy atom. The molecular weight excluding hydrogens is 219 g/mol. The van der Waals surface area contributed by atoms with E-state index in [2.05, 4.69) is 0 Å². The Labute approximate surface area is 101 Å². The summed E-state index contributed by atoms with van der Waals surface area (Å²) in [6, 6.07) is 6.14. The van der Waals surface area contributed by atoms with Gasteiger partial charge in [-0.05, 0) is 38.5 Å². The maximum absolute atomic E-state index is 12.8. The fraction of sp³-hybridized carbons (Fsp3) is 0.462. The van der Waals surface area contributed by atoms with Crippen LogP contribution in [0.15, 0.2) is 24.3 Å². The van der Waals surface area contributed by atoms with Crippen LogP contribution < -0.4 is 5.73 Å². The summed E-state index contributed by atoms with van der Waals surface area (Å²) in [5.74, 6) is -0.376. The molecule has 0 unspecified atom stereocenters. The van der Waals surface area contributed by atoms with Gasteiger partial charge in [-0.15, -0.1) is 0 Å². The van der Waals surface area contributed by atoms with Crippen molar-refractivity contribution in [3.05, 3.63) is 35.6 Å². The molecule has 0 aliphatic carbocycles. The predicted octanol–water partition coefficient (Wildman–Crippen LogP) is 2.08. The summed E-state index contributed by atoms with van der Waals surface area (Å²) >= 11 is 0. The second kappa shape index (κ2) is 5.77. The normalized spacial score (nSPS) is 12.6. The molecule has 1 rings (SSSR count). The number of amides is 1. The molecule has 3 nitrogen and oxygen atoms in total. The molecule has 1 aromatic carbocycles. The van der Waals surface area contributed by atoms with E-state index < -0.39 is 0 Å². The third-order valence-corrected chi connectivity index (χ3v) is 2.79. The topological polar surface area (TPSA) is 46.3 Å². The van der Waals surface area contributed by atoms with E-state index in [0.29, 0.717) is 0 Å². The molecule has 0 spiro atoms. The van der Waals surface area contributed by atoms with Gasteiger partial charge >= 0.3 is 0 Å². The molecule has 1 amide bonds. The lowest BCUT2D eigenvalue weighted by molar-refractivity contribution is -0.133. The molecule has 0 saturated heterocycles. The van der Waals surface area contributed by atoms with Gasteiger partial charge in [-0.2, -0.15) is 0 Å². The van der Waals surface area contributed by atoms with Crippen molar-refractivity contribution in [2.24, 2.45) is 5.73 Å². The number of benzene rings is 1. The number of rotatable bonds is 4. The molecule has 17 heavy (non-hydrogen) atoms. The van der Waals surface area contributed by atoms with Gasteiger partial charge in [0.25, 0.3) is 0 Å². The van der Waals surface area contributed by atoms with Crippen molar-refractivity contribution in [1.29, 1.82) is 0 Å². The molecule has 2 N–H and O–H groups in total. The van der Waals surface area contributed by atoms with Crippen LogP contribution in [0.1, 0.15) is 32.4 Å². The second-order valence-electron chi connectivity index (χ2n) is 4.33. The molecule has 0 aromatic heterocycles. The number of carbonyl (C=O) groups excluding carboxylic acids is 1. The monoisotopic (exact) mass is 238 g/mol. The minimum atomic E-state index is -0.276. The first-order chi connectivity index (χ1) is 7.97. The number of hydrogen-bond donors (Lipinski definition) is 1. The Balaban J connectivity index is 2.95. The SMILES string of the molecule is CC(C)N(C(=O)CN)[C@H](C)c1ccc(F)cc1. The Morgan fingerprint density at radius 3 is 2.24 bits per heavy atom. The smallest absolute Gasteiger partial charge is 0.237 e. The lowest BCUT2D eigenvalue weighted by Gasteiger charge is -2.33. The molecule has 1 atom stereocenters. The van der Waals surface area contributed by atoms with Crippen molar-refractivity contribution in [1.82, 2.24) is 4.90 Å². The molecule has 0 fully saturated rings. The maximum atomic E-state index is 12.8. The fourth-order valence-corrected chi connectivity index (χ4v) is 1.96. The highest BCUT2D eigenvalue weighted by Crippen LogP contribution is 2.22. The Kier molecular flexibility index (Phi) is 4.63. The predicted molar refractivity (Wildman–Crippen MR) is 65.9 cm³/mol. The van der Waals surface area contributed by atoms with Gasteiger partial charge in [0.15, 0.2) is 0 Å². The highest BCUT2D eigenvalue weighted by molar-refractivity contribution is 5.78. The first-order valence-corrected chi connectivity index (χ1v) is 5.74. The number of nitrogens with zero attached hydrogens (tertiary/aromatic N) is 1. The third kappa shape index (κ3) is 3.27. The lowest BCUT2D eigenvalue weighted by atomic mass is 10.1. The van der Waals surface area contributed by atoms with Crippen molar-refractivity contribution in [2.45, 2.75) is 32.9 Å². The van der Waals surface area contributed by atoms with Gasteiger partial charge in [-0.1, -0.05) is 12.1 Å². The minimum Gasteiger partial charge on any atom is -0.332 e. The second-order valence-corrected chi connectivity index (χ2v) is 4.33. The van der Waals surface area contributed by atoms with Crippen LogP contribution in [0.5, 0.6) is 0 Å². The van der Waals surface area contributed by atoms with Gasteiger partial charge in [0.2, 0.25) is 5.91 Å². The summed E-state index contributed by atoms with van der Waals surface area (Å²) in [5.41, 5.74) is 6.30. The zero-order chi connectivity index (χ0) is 13.0. The van der Waals surface area contributed by atoms with E-state index in [9.17, 15) is 9.18 Å². The number of nitrogens with two attached hydrogens (primary N) is 1. The van der Waals surface area contributed by atoms with Crippen LogP contribution in [-0.2, 0) is 4.79 Å². The molecule has 0 saturated carbocycles. The molecule has 4 heteroatoms. The van der Waals surface area contributed by atoms with Crippen LogP contribution in [0.4, 0.5) is 4.39 Å². The standard InChI is InChI=1S/C13H19FN2O/c1-9(2)16(13(17)8-15)10(3)11-4-6-12(14)7-5-11/h4-7,9-10H,8,15H2,1-3H3/t10-/m1/s1. The van der Waals surface area contributed by atoms with E-state index >= 15 is 0 Å². The van der Waals surface area contributed by atoms with E-state index in [-0.39, 0.29) is 30.4 Å². The summed E-state index contributed by atoms with van der Waals surface area (Å²) in [4.78, 5) is 13.5. The van der Waals surface area contributed by atoms with Gasteiger partial charge in [0.1, 0.15) is 5.82 Å². The van der Waals surface area contributed by atoms with Crippen molar-refractivity contribution in [3.8, 4) is 0 Å². The molecule has 0 radical (unpaired) electrons. The fourth-order valence-electron chi connectivity index (χ4n) is 1.96. The Hall–Kier alpha value is -1.42. The first-order valence-electron chi connectivity index (χ1n) is 5.74. The zero-order valence-electron chi connectivity index (χ0n) is 10.5. The van der Waals surface area contributed by atoms with Crippen LogP contribution in [0.25, 0.3) is 0 Å². The van der Waals surface area contributed by atoms with Crippen molar-refractivity contribution in [3.63, 3.8) is 0 Å². The molecule has 1 aromatic rings. The van der Waals surface area contributed by atoms with Gasteiger partial charge in [0.05, 0.1) is 12.6 Å². The summed E-state index contributed by atoms with van der Waals surface area (Å²) in [6.45, 7) is 5.78. The van der Waals surface area contributed by atoms with E-state index in [1.54, 1.807) is 17.0 Å². The van der Waals surface area contributed by atoms with E-state index in [1.165, 1.54) is 12.1 Å². The summed E-state index contributed by atoms with van der Waals surface area (Å²) in [6.07, 6.45) is 0. The molecule has 0 aliphatic rings. The van der Waals surface area contributed by atoms with Gasteiger partial charge in [0, 0.05) is 6.04 Å². The van der Waals surface area contributed by atoms with Crippen LogP contribution >= 0.6 is 0 Å². The minimum absolute atomic E-state index is 0.0102. The van der Waals surface area contributed by atoms with Crippen LogP contribution in [0, 0.1) is 5.82 Å². The zero-order valence-corrected chi connectivity index (χ0v) is 10.5. The number of halogens is 1. The number of hydrogen-bond acceptors (Lipinski definition) is 2. The van der Waals surface area contributed by atoms with Crippen LogP contribution in [0.3, 0.4) is 0 Å². The lowest BCUT2D eigenvalue weighted by Crippen LogP contribution is -2.42. The highest BCUT2D eigenvalue weighted by atomic mass is 19.1. The van der Waals surface area contributed by atoms with Crippen LogP contribution in [0.2, 0.25) is 0 Å². The highest BCUT2D eigenvalue weighted by Gasteiger charge is 2.22. The number of carbonyl (C=O) groups is 1. The summed E-state index contributed by atoms with van der Waals surface area (Å²) in [5, 5.41) is 0. The average Bonchev–Trinajstić information content (AvgIpc) is 2.29. The largest absolute Gasteiger partial charge is 0.332 e. The molecule has 94 valence electrons. The van der Waals surface area contributed by atoms with Gasteiger partial charge < -0.3 is 10.6 Å². The van der Waals surface area contributed by atoms with Crippen LogP contribution in [-0.4, -0.2) is 23.4 Å². The van der Waals surface area contributed by atoms with E-state index in [1.807, 2.05) is 20.8 Å². The van der Waals surface area contributed by atoms with Crippen molar-refractivity contribution < 1.29 is 9.18 Å². The van der Waals surface area contributed by atoms with Gasteiger partial charge in [-0.25, -0.2) is 4.39 Å². The molecule has 0 bridgehead atoms. The third-order valence-electron chi connectivity index (χ3n) is 2.79. The average molecular weight is 238 g/mol. The van der Waals surface area contributed by atoms with E-state index in [0.717, 1.165) is 5.56 Å². The maximum Gasteiger partial charge on any atom is 0.237 e.